The molecule has 0 saturated carbocycles. The van der Waals surface area contributed by atoms with E-state index in [1.807, 2.05) is 5.32 Å². The van der Waals surface area contributed by atoms with E-state index in [1.165, 1.54) is 7.11 Å². The first-order chi connectivity index (χ1) is 17.4. The lowest BCUT2D eigenvalue weighted by atomic mass is 10.1. The number of aliphatic carboxylic acids is 1. The summed E-state index contributed by atoms with van der Waals surface area (Å²) in [7, 11) is 1.51. The number of carboxylic acid groups (broad SMARTS) is 1. The maximum Gasteiger partial charge on any atom is 0.305 e. The van der Waals surface area contributed by atoms with E-state index in [9.17, 15) is 24.0 Å². The van der Waals surface area contributed by atoms with Crippen LogP contribution in [0.25, 0.3) is 0 Å². The fraction of sp³-hybridized carbons (Fsp3) is 0.455. The number of guanidine groups is 1. The zero-order valence-corrected chi connectivity index (χ0v) is 20.4. The third kappa shape index (κ3) is 12.3. The quantitative estimate of drug-likeness (QED) is 0.0640. The molecule has 12 N–H and O–H groups in total. The SMILES string of the molecule is COc1ccc(C[C@H](N)C(=O)NC(=O)[C@H](CC(=O)O)NC(=O)CNC(=O)[C@@H](N)CCCN=C(N)N)cc1. The molecule has 0 unspecified atom stereocenters. The monoisotopic (exact) mass is 522 g/mol. The van der Waals surface area contributed by atoms with Gasteiger partial charge in [-0.25, -0.2) is 0 Å². The number of imide groups is 1. The van der Waals surface area contributed by atoms with Crippen LogP contribution in [0.4, 0.5) is 0 Å². The van der Waals surface area contributed by atoms with Crippen molar-refractivity contribution in [2.45, 2.75) is 43.8 Å². The van der Waals surface area contributed by atoms with Crippen LogP contribution < -0.4 is 43.6 Å². The number of nitrogens with one attached hydrogen (secondary N) is 3. The summed E-state index contributed by atoms with van der Waals surface area (Å²) >= 11 is 0. The van der Waals surface area contributed by atoms with Crippen LogP contribution in [0.3, 0.4) is 0 Å². The van der Waals surface area contributed by atoms with Crippen molar-refractivity contribution in [2.75, 3.05) is 20.2 Å². The molecular formula is C22H34N8O7. The Morgan fingerprint density at radius 3 is 2.22 bits per heavy atom. The number of aliphatic imine (C=N–C) groups is 1. The van der Waals surface area contributed by atoms with Gasteiger partial charge in [0, 0.05) is 6.54 Å². The van der Waals surface area contributed by atoms with E-state index in [1.54, 1.807) is 24.3 Å². The normalized spacial score (nSPS) is 12.8. The highest BCUT2D eigenvalue weighted by Crippen LogP contribution is 2.12. The van der Waals surface area contributed by atoms with Gasteiger partial charge in [0.25, 0.3) is 0 Å². The van der Waals surface area contributed by atoms with Gasteiger partial charge in [0.2, 0.25) is 23.6 Å². The predicted octanol–water partition coefficient (Wildman–Crippen LogP) is -3.34. The maximum absolute atomic E-state index is 12.5. The first-order valence-corrected chi connectivity index (χ1v) is 11.3. The van der Waals surface area contributed by atoms with Crippen LogP contribution in [-0.4, -0.2) is 79.0 Å². The van der Waals surface area contributed by atoms with Gasteiger partial charge in [-0.3, -0.25) is 34.3 Å². The second-order valence-corrected chi connectivity index (χ2v) is 8.00. The Balaban J connectivity index is 2.59. The third-order valence-electron chi connectivity index (χ3n) is 4.96. The molecule has 37 heavy (non-hydrogen) atoms. The lowest BCUT2D eigenvalue weighted by molar-refractivity contribution is -0.142. The summed E-state index contributed by atoms with van der Waals surface area (Å²) in [4.78, 5) is 64.0. The largest absolute Gasteiger partial charge is 0.497 e. The van der Waals surface area contributed by atoms with Gasteiger partial charge in [0.1, 0.15) is 11.8 Å². The van der Waals surface area contributed by atoms with Crippen LogP contribution in [0.2, 0.25) is 0 Å². The number of carbonyl (C=O) groups is 5. The zero-order valence-electron chi connectivity index (χ0n) is 20.4. The molecule has 0 saturated heterocycles. The predicted molar refractivity (Wildman–Crippen MR) is 133 cm³/mol. The molecule has 0 aliphatic rings. The number of benzene rings is 1. The average molecular weight is 523 g/mol. The average Bonchev–Trinajstić information content (AvgIpc) is 2.84. The smallest absolute Gasteiger partial charge is 0.305 e. The maximum atomic E-state index is 12.5. The van der Waals surface area contributed by atoms with Crippen molar-refractivity contribution < 1.29 is 33.8 Å². The number of hydrogen-bond acceptors (Lipinski definition) is 9. The highest BCUT2D eigenvalue weighted by atomic mass is 16.5. The minimum atomic E-state index is -1.59. The summed E-state index contributed by atoms with van der Waals surface area (Å²) < 4.78 is 5.05. The fourth-order valence-corrected chi connectivity index (χ4v) is 2.99. The molecule has 1 aromatic carbocycles. The molecule has 0 bridgehead atoms. The van der Waals surface area contributed by atoms with Crippen molar-refractivity contribution in [1.82, 2.24) is 16.0 Å². The summed E-state index contributed by atoms with van der Waals surface area (Å²) in [6.07, 6.45) is -0.0462. The first-order valence-electron chi connectivity index (χ1n) is 11.3. The Morgan fingerprint density at radius 1 is 1.00 bits per heavy atom. The van der Waals surface area contributed by atoms with Gasteiger partial charge >= 0.3 is 5.97 Å². The minimum Gasteiger partial charge on any atom is -0.497 e. The molecule has 0 aromatic heterocycles. The van der Waals surface area contributed by atoms with E-state index < -0.39 is 60.7 Å². The van der Waals surface area contributed by atoms with Gasteiger partial charge in [0.05, 0.1) is 32.2 Å². The molecule has 15 heteroatoms. The minimum absolute atomic E-state index is 0.0874. The number of carboxylic acids is 1. The van der Waals surface area contributed by atoms with Gasteiger partial charge < -0.3 is 43.4 Å². The second kappa shape index (κ2) is 15.7. The molecule has 0 aliphatic heterocycles. The van der Waals surface area contributed by atoms with E-state index in [2.05, 4.69) is 15.6 Å². The Bertz CT molecular complexity index is 980. The van der Waals surface area contributed by atoms with Crippen LogP contribution in [0.5, 0.6) is 5.75 Å². The topological polar surface area (TPSA) is 267 Å². The Kier molecular flexibility index (Phi) is 13.1. The number of nitrogens with zero attached hydrogens (tertiary/aromatic N) is 1. The van der Waals surface area contributed by atoms with Gasteiger partial charge in [-0.15, -0.1) is 0 Å². The number of ether oxygens (including phenoxy) is 1. The van der Waals surface area contributed by atoms with E-state index in [4.69, 9.17) is 32.8 Å². The number of amides is 4. The molecular weight excluding hydrogens is 488 g/mol. The Labute approximate surface area is 213 Å². The number of carbonyl (C=O) groups excluding carboxylic acids is 4. The number of rotatable bonds is 15. The van der Waals surface area contributed by atoms with E-state index in [-0.39, 0.29) is 25.3 Å². The van der Waals surface area contributed by atoms with E-state index in [0.29, 0.717) is 17.7 Å². The lowest BCUT2D eigenvalue weighted by Gasteiger charge is -2.18. The van der Waals surface area contributed by atoms with Crippen molar-refractivity contribution in [3.63, 3.8) is 0 Å². The van der Waals surface area contributed by atoms with Crippen molar-refractivity contribution in [2.24, 2.45) is 27.9 Å². The van der Waals surface area contributed by atoms with E-state index in [0.717, 1.165) is 0 Å². The molecule has 0 fully saturated rings. The summed E-state index contributed by atoms with van der Waals surface area (Å²) in [5.41, 5.74) is 22.7. The molecule has 15 nitrogen and oxygen atoms in total. The summed E-state index contributed by atoms with van der Waals surface area (Å²) in [6, 6.07) is 3.12. The van der Waals surface area contributed by atoms with Gasteiger partial charge in [-0.1, -0.05) is 12.1 Å². The van der Waals surface area contributed by atoms with Gasteiger partial charge in [-0.05, 0) is 37.0 Å². The highest BCUT2D eigenvalue weighted by molar-refractivity contribution is 6.02. The molecule has 3 atom stereocenters. The number of methoxy groups -OCH3 is 1. The Hall–Kier alpha value is -4.24. The van der Waals surface area contributed by atoms with Crippen LogP contribution in [0, 0.1) is 0 Å². The summed E-state index contributed by atoms with van der Waals surface area (Å²) in [5.74, 6) is -4.29. The fourth-order valence-electron chi connectivity index (χ4n) is 2.99. The van der Waals surface area contributed by atoms with Gasteiger partial charge in [0.15, 0.2) is 5.96 Å². The summed E-state index contributed by atoms with van der Waals surface area (Å²) in [5, 5.41) is 15.6. The molecule has 1 aromatic rings. The van der Waals surface area contributed by atoms with Crippen molar-refractivity contribution in [3.8, 4) is 5.75 Å². The molecule has 0 spiro atoms. The third-order valence-corrected chi connectivity index (χ3v) is 4.96. The molecule has 0 aliphatic carbocycles. The lowest BCUT2D eigenvalue weighted by Crippen LogP contribution is -2.54. The van der Waals surface area contributed by atoms with Crippen LogP contribution >= 0.6 is 0 Å². The molecule has 4 amide bonds. The first kappa shape index (κ1) is 30.8. The molecule has 1 rings (SSSR count). The van der Waals surface area contributed by atoms with Crippen LogP contribution in [0.15, 0.2) is 29.3 Å². The zero-order chi connectivity index (χ0) is 28.0. The van der Waals surface area contributed by atoms with Crippen molar-refractivity contribution in [1.29, 1.82) is 0 Å². The van der Waals surface area contributed by atoms with Crippen LogP contribution in [0.1, 0.15) is 24.8 Å². The second-order valence-electron chi connectivity index (χ2n) is 8.00. The number of hydrogen-bond donors (Lipinski definition) is 8. The molecule has 0 heterocycles. The number of nitrogens with two attached hydrogens (primary N) is 4. The molecule has 204 valence electrons. The van der Waals surface area contributed by atoms with Gasteiger partial charge in [-0.2, -0.15) is 0 Å². The summed E-state index contributed by atoms with van der Waals surface area (Å²) in [6.45, 7) is -0.299. The molecule has 0 radical (unpaired) electrons. The Morgan fingerprint density at radius 2 is 1.65 bits per heavy atom. The van der Waals surface area contributed by atoms with E-state index >= 15 is 0 Å². The van der Waals surface area contributed by atoms with Crippen LogP contribution in [-0.2, 0) is 30.4 Å². The van der Waals surface area contributed by atoms with Crippen molar-refractivity contribution in [3.05, 3.63) is 29.8 Å². The van der Waals surface area contributed by atoms with Crippen molar-refractivity contribution >= 4 is 35.6 Å². The highest BCUT2D eigenvalue weighted by Gasteiger charge is 2.27. The standard InChI is InChI=1S/C22H34N8O7/c1-37-13-6-4-12(5-7-13)9-15(24)20(35)30-21(36)16(10-18(32)33)29-17(31)11-28-19(34)14(23)3-2-8-27-22(25)26/h4-7,14-16H,2-3,8-11,23-24H2,1H3,(H,28,34)(H,29,31)(H,32,33)(H4,25,26,27)(H,30,35,36)/t14-,15-,16-/m0/s1.